The molecule has 0 saturated heterocycles. The van der Waals surface area contributed by atoms with Crippen molar-refractivity contribution in [3.8, 4) is 0 Å². The topological polar surface area (TPSA) is 114 Å². The number of aromatic amines is 1. The van der Waals surface area contributed by atoms with E-state index >= 15 is 0 Å². The first-order chi connectivity index (χ1) is 9.13. The number of anilines is 1. The SMILES string of the molecule is Nc1nc2c(sc(=O)n2CCCCCCO)c(=O)[nH]1. The number of nitrogen functional groups attached to an aromatic ring is 1. The predicted octanol–water partition coefficient (Wildman–Crippen LogP) is 0.281. The van der Waals surface area contributed by atoms with Crippen molar-refractivity contribution in [2.45, 2.75) is 32.2 Å². The molecule has 19 heavy (non-hydrogen) atoms. The number of nitrogens with zero attached hydrogens (tertiary/aromatic N) is 2. The predicted molar refractivity (Wildman–Crippen MR) is 74.5 cm³/mol. The van der Waals surface area contributed by atoms with Crippen LogP contribution >= 0.6 is 11.3 Å². The first-order valence-electron chi connectivity index (χ1n) is 6.13. The van der Waals surface area contributed by atoms with Gasteiger partial charge in [-0.3, -0.25) is 19.1 Å². The van der Waals surface area contributed by atoms with Crippen LogP contribution < -0.4 is 16.2 Å². The van der Waals surface area contributed by atoms with Crippen LogP contribution in [0.1, 0.15) is 25.7 Å². The number of rotatable bonds is 6. The highest BCUT2D eigenvalue weighted by molar-refractivity contribution is 7.16. The molecule has 104 valence electrons. The maximum absolute atomic E-state index is 11.8. The van der Waals surface area contributed by atoms with Gasteiger partial charge in [-0.15, -0.1) is 0 Å². The van der Waals surface area contributed by atoms with Crippen LogP contribution in [0, 0.1) is 0 Å². The smallest absolute Gasteiger partial charge is 0.309 e. The molecule has 0 aromatic carbocycles. The standard InChI is InChI=1S/C11H16N4O3S/c12-10-13-8-7(9(17)14-10)19-11(18)15(8)5-3-1-2-4-6-16/h16H,1-6H2,(H3,12,13,14,17). The molecule has 2 rings (SSSR count). The number of H-pyrrole nitrogens is 1. The Hall–Kier alpha value is -1.67. The van der Waals surface area contributed by atoms with E-state index in [1.807, 2.05) is 0 Å². The van der Waals surface area contributed by atoms with Crippen molar-refractivity contribution in [1.29, 1.82) is 0 Å². The molecule has 4 N–H and O–H groups in total. The van der Waals surface area contributed by atoms with Gasteiger partial charge in [0.1, 0.15) is 4.70 Å². The van der Waals surface area contributed by atoms with E-state index in [9.17, 15) is 9.59 Å². The molecule has 0 saturated carbocycles. The minimum atomic E-state index is -0.372. The highest BCUT2D eigenvalue weighted by Crippen LogP contribution is 2.12. The molecule has 8 heteroatoms. The van der Waals surface area contributed by atoms with Gasteiger partial charge in [-0.1, -0.05) is 24.2 Å². The molecule has 0 bridgehead atoms. The average molecular weight is 284 g/mol. The molecule has 0 spiro atoms. The fourth-order valence-electron chi connectivity index (χ4n) is 1.90. The van der Waals surface area contributed by atoms with E-state index in [2.05, 4.69) is 9.97 Å². The highest BCUT2D eigenvalue weighted by atomic mass is 32.1. The van der Waals surface area contributed by atoms with Crippen LogP contribution in [0.2, 0.25) is 0 Å². The zero-order valence-electron chi connectivity index (χ0n) is 10.4. The van der Waals surface area contributed by atoms with Crippen molar-refractivity contribution < 1.29 is 5.11 Å². The Morgan fingerprint density at radius 2 is 2.00 bits per heavy atom. The number of nitrogens with two attached hydrogens (primary N) is 1. The van der Waals surface area contributed by atoms with Gasteiger partial charge in [-0.2, -0.15) is 4.98 Å². The number of fused-ring (bicyclic) bond motifs is 1. The van der Waals surface area contributed by atoms with Gasteiger partial charge in [-0.25, -0.2) is 0 Å². The van der Waals surface area contributed by atoms with Crippen molar-refractivity contribution in [2.75, 3.05) is 12.3 Å². The number of aliphatic hydroxyl groups excluding tert-OH is 1. The number of hydrogen-bond donors (Lipinski definition) is 3. The van der Waals surface area contributed by atoms with E-state index in [1.54, 1.807) is 0 Å². The Balaban J connectivity index is 2.21. The van der Waals surface area contributed by atoms with E-state index < -0.39 is 0 Å². The van der Waals surface area contributed by atoms with Crippen LogP contribution in [-0.2, 0) is 6.54 Å². The van der Waals surface area contributed by atoms with Crippen LogP contribution in [0.3, 0.4) is 0 Å². The lowest BCUT2D eigenvalue weighted by Crippen LogP contribution is -2.15. The fraction of sp³-hybridized carbons (Fsp3) is 0.545. The van der Waals surface area contributed by atoms with Crippen LogP contribution in [0.25, 0.3) is 10.3 Å². The highest BCUT2D eigenvalue weighted by Gasteiger charge is 2.12. The van der Waals surface area contributed by atoms with Crippen molar-refractivity contribution in [1.82, 2.24) is 14.5 Å². The average Bonchev–Trinajstić information content (AvgIpc) is 2.67. The summed E-state index contributed by atoms with van der Waals surface area (Å²) in [6.07, 6.45) is 3.41. The van der Waals surface area contributed by atoms with E-state index in [-0.39, 0.29) is 23.0 Å². The molecule has 2 aromatic rings. The van der Waals surface area contributed by atoms with Crippen molar-refractivity contribution >= 4 is 27.6 Å². The number of aryl methyl sites for hydroxylation is 1. The molecule has 0 aliphatic rings. The van der Waals surface area contributed by atoms with Gasteiger partial charge >= 0.3 is 4.87 Å². The van der Waals surface area contributed by atoms with Gasteiger partial charge in [-0.05, 0) is 12.8 Å². The molecule has 0 amide bonds. The summed E-state index contributed by atoms with van der Waals surface area (Å²) >= 11 is 0.888. The number of aliphatic hydroxyl groups is 1. The Bertz CT molecular complexity index is 673. The molecule has 7 nitrogen and oxygen atoms in total. The zero-order chi connectivity index (χ0) is 13.8. The second kappa shape index (κ2) is 5.98. The maximum atomic E-state index is 11.8. The summed E-state index contributed by atoms with van der Waals surface area (Å²) in [5.74, 6) is 0.0179. The lowest BCUT2D eigenvalue weighted by atomic mass is 10.2. The number of unbranched alkanes of at least 4 members (excludes halogenated alkanes) is 3. The summed E-state index contributed by atoms with van der Waals surface area (Å²) in [7, 11) is 0. The molecular weight excluding hydrogens is 268 g/mol. The van der Waals surface area contributed by atoms with Gasteiger partial charge in [0.2, 0.25) is 5.95 Å². The normalized spacial score (nSPS) is 11.2. The van der Waals surface area contributed by atoms with E-state index in [0.29, 0.717) is 16.9 Å². The molecular formula is C11H16N4O3S. The van der Waals surface area contributed by atoms with E-state index in [0.717, 1.165) is 37.0 Å². The minimum absolute atomic E-state index is 0.0179. The molecule has 0 radical (unpaired) electrons. The van der Waals surface area contributed by atoms with Gasteiger partial charge in [0.05, 0.1) is 0 Å². The Morgan fingerprint density at radius 1 is 1.26 bits per heavy atom. The van der Waals surface area contributed by atoms with Crippen molar-refractivity contribution in [3.63, 3.8) is 0 Å². The van der Waals surface area contributed by atoms with Gasteiger partial charge in [0, 0.05) is 13.2 Å². The van der Waals surface area contributed by atoms with E-state index in [4.69, 9.17) is 10.8 Å². The number of nitrogens with one attached hydrogen (secondary N) is 1. The van der Waals surface area contributed by atoms with Crippen molar-refractivity contribution in [3.05, 3.63) is 20.0 Å². The number of aromatic nitrogens is 3. The maximum Gasteiger partial charge on any atom is 0.309 e. The summed E-state index contributed by atoms with van der Waals surface area (Å²) in [5.41, 5.74) is 5.48. The van der Waals surface area contributed by atoms with Gasteiger partial charge in [0.15, 0.2) is 5.65 Å². The quantitative estimate of drug-likeness (QED) is 0.659. The third kappa shape index (κ3) is 3.02. The Kier molecular flexibility index (Phi) is 4.33. The monoisotopic (exact) mass is 284 g/mol. The van der Waals surface area contributed by atoms with Gasteiger partial charge in [0.25, 0.3) is 5.56 Å². The summed E-state index contributed by atoms with van der Waals surface area (Å²) in [6.45, 7) is 0.703. The second-order valence-corrected chi connectivity index (χ2v) is 5.22. The fourth-order valence-corrected chi connectivity index (χ4v) is 2.76. The van der Waals surface area contributed by atoms with Crippen LogP contribution in [0.5, 0.6) is 0 Å². The third-order valence-corrected chi connectivity index (χ3v) is 3.80. The molecule has 0 aliphatic heterocycles. The first kappa shape index (κ1) is 13.8. The molecule has 2 heterocycles. The van der Waals surface area contributed by atoms with Crippen LogP contribution in [0.15, 0.2) is 9.59 Å². The van der Waals surface area contributed by atoms with Gasteiger partial charge < -0.3 is 10.8 Å². The molecule has 0 fully saturated rings. The Labute approximate surface area is 112 Å². The number of hydrogen-bond acceptors (Lipinski definition) is 6. The van der Waals surface area contributed by atoms with Crippen LogP contribution in [0.4, 0.5) is 5.95 Å². The molecule has 2 aromatic heterocycles. The Morgan fingerprint density at radius 3 is 2.74 bits per heavy atom. The number of thiazole rings is 1. The first-order valence-corrected chi connectivity index (χ1v) is 6.95. The van der Waals surface area contributed by atoms with Crippen molar-refractivity contribution in [2.24, 2.45) is 0 Å². The van der Waals surface area contributed by atoms with Crippen LogP contribution in [-0.4, -0.2) is 26.2 Å². The lowest BCUT2D eigenvalue weighted by Gasteiger charge is -2.03. The van der Waals surface area contributed by atoms with E-state index in [1.165, 1.54) is 4.57 Å². The largest absolute Gasteiger partial charge is 0.396 e. The summed E-state index contributed by atoms with van der Waals surface area (Å²) in [5, 5.41) is 8.68. The zero-order valence-corrected chi connectivity index (χ0v) is 11.2. The summed E-state index contributed by atoms with van der Waals surface area (Å²) in [6, 6.07) is 0. The summed E-state index contributed by atoms with van der Waals surface area (Å²) in [4.78, 5) is 29.7. The lowest BCUT2D eigenvalue weighted by molar-refractivity contribution is 0.282. The molecule has 0 unspecified atom stereocenters. The third-order valence-electron chi connectivity index (χ3n) is 2.83. The summed E-state index contributed by atoms with van der Waals surface area (Å²) < 4.78 is 1.81. The minimum Gasteiger partial charge on any atom is -0.396 e. The molecule has 0 atom stereocenters. The molecule has 0 aliphatic carbocycles. The second-order valence-electron chi connectivity index (χ2n) is 4.26.